The van der Waals surface area contributed by atoms with Crippen LogP contribution in [-0.2, 0) is 9.53 Å². The van der Waals surface area contributed by atoms with Crippen LogP contribution in [0.3, 0.4) is 0 Å². The van der Waals surface area contributed by atoms with Gasteiger partial charge in [0.25, 0.3) is 5.91 Å². The SMILES string of the molecule is CC(C)CN1C(=O)N/C(=C\c2ccc(C(=O)OCCSO)cc2)C1=O. The minimum atomic E-state index is -0.485. The van der Waals surface area contributed by atoms with Crippen molar-refractivity contribution in [2.24, 2.45) is 5.92 Å². The molecule has 0 unspecified atom stereocenters. The number of nitrogens with one attached hydrogen (secondary N) is 1. The zero-order chi connectivity index (χ0) is 18.4. The Bertz CT molecular complexity index is 685. The fourth-order valence-electron chi connectivity index (χ4n) is 2.24. The molecule has 2 rings (SSSR count). The predicted octanol–water partition coefficient (Wildman–Crippen LogP) is 2.60. The first-order chi connectivity index (χ1) is 11.9. The van der Waals surface area contributed by atoms with Crippen LogP contribution < -0.4 is 5.32 Å². The van der Waals surface area contributed by atoms with Crippen LogP contribution in [0.25, 0.3) is 6.08 Å². The lowest BCUT2D eigenvalue weighted by molar-refractivity contribution is -0.123. The second kappa shape index (κ2) is 8.68. The molecule has 0 spiro atoms. The van der Waals surface area contributed by atoms with Gasteiger partial charge < -0.3 is 14.6 Å². The van der Waals surface area contributed by atoms with E-state index in [-0.39, 0.29) is 24.1 Å². The number of hydrogen-bond acceptors (Lipinski definition) is 6. The van der Waals surface area contributed by atoms with E-state index in [4.69, 9.17) is 9.29 Å². The molecule has 8 heteroatoms. The van der Waals surface area contributed by atoms with Gasteiger partial charge in [-0.3, -0.25) is 9.69 Å². The van der Waals surface area contributed by atoms with Gasteiger partial charge in [-0.05, 0) is 41.7 Å². The lowest BCUT2D eigenvalue weighted by atomic mass is 10.1. The van der Waals surface area contributed by atoms with Crippen molar-refractivity contribution in [3.8, 4) is 0 Å². The van der Waals surface area contributed by atoms with Crippen molar-refractivity contribution in [2.45, 2.75) is 13.8 Å². The summed E-state index contributed by atoms with van der Waals surface area (Å²) in [6, 6.07) is 6.05. The number of esters is 1. The van der Waals surface area contributed by atoms with Gasteiger partial charge in [-0.2, -0.15) is 0 Å². The van der Waals surface area contributed by atoms with Crippen LogP contribution in [0.2, 0.25) is 0 Å². The van der Waals surface area contributed by atoms with Gasteiger partial charge in [0.2, 0.25) is 0 Å². The normalized spacial score (nSPS) is 15.8. The molecular formula is C17H20N2O5S. The minimum absolute atomic E-state index is 0.123. The molecule has 0 radical (unpaired) electrons. The summed E-state index contributed by atoms with van der Waals surface area (Å²) in [6.07, 6.45) is 1.57. The Hall–Kier alpha value is -2.32. The van der Waals surface area contributed by atoms with Gasteiger partial charge in [-0.15, -0.1) is 0 Å². The lowest BCUT2D eigenvalue weighted by Crippen LogP contribution is -2.34. The van der Waals surface area contributed by atoms with Crippen LogP contribution in [0.15, 0.2) is 30.0 Å². The molecular weight excluding hydrogens is 344 g/mol. The molecule has 1 aliphatic rings. The average molecular weight is 364 g/mol. The van der Waals surface area contributed by atoms with E-state index in [9.17, 15) is 14.4 Å². The molecule has 0 atom stereocenters. The first kappa shape index (κ1) is 19.0. The third kappa shape index (κ3) is 5.07. The third-order valence-corrected chi connectivity index (χ3v) is 3.72. The van der Waals surface area contributed by atoms with Gasteiger partial charge in [0.1, 0.15) is 12.3 Å². The van der Waals surface area contributed by atoms with Crippen molar-refractivity contribution in [3.63, 3.8) is 0 Å². The molecule has 1 aromatic rings. The average Bonchev–Trinajstić information content (AvgIpc) is 2.83. The lowest BCUT2D eigenvalue weighted by Gasteiger charge is -2.13. The summed E-state index contributed by atoms with van der Waals surface area (Å²) in [4.78, 5) is 37.1. The smallest absolute Gasteiger partial charge is 0.338 e. The number of carbonyl (C=O) groups is 3. The Balaban J connectivity index is 2.05. The fraction of sp³-hybridized carbons (Fsp3) is 0.353. The highest BCUT2D eigenvalue weighted by Gasteiger charge is 2.33. The molecule has 3 amide bonds. The zero-order valence-corrected chi connectivity index (χ0v) is 14.8. The summed E-state index contributed by atoms with van der Waals surface area (Å²) in [7, 11) is 0. The number of ether oxygens (including phenoxy) is 1. The number of rotatable bonds is 7. The molecule has 134 valence electrons. The maximum Gasteiger partial charge on any atom is 0.338 e. The minimum Gasteiger partial charge on any atom is -0.461 e. The van der Waals surface area contributed by atoms with Crippen LogP contribution in [0, 0.1) is 5.92 Å². The summed E-state index contributed by atoms with van der Waals surface area (Å²) in [5, 5.41) is 2.56. The largest absolute Gasteiger partial charge is 0.461 e. The molecule has 1 heterocycles. The number of benzene rings is 1. The number of hydrogen-bond donors (Lipinski definition) is 2. The Kier molecular flexibility index (Phi) is 6.60. The topological polar surface area (TPSA) is 95.9 Å². The highest BCUT2D eigenvalue weighted by molar-refractivity contribution is 7.93. The molecule has 1 aromatic carbocycles. The second-order valence-electron chi connectivity index (χ2n) is 5.89. The number of amides is 3. The summed E-state index contributed by atoms with van der Waals surface area (Å²) in [5.74, 6) is -0.348. The van der Waals surface area contributed by atoms with E-state index in [0.29, 0.717) is 35.5 Å². The summed E-state index contributed by atoms with van der Waals surface area (Å²) < 4.78 is 13.6. The fourth-order valence-corrected chi connectivity index (χ4v) is 2.40. The van der Waals surface area contributed by atoms with Crippen LogP contribution in [-0.4, -0.2) is 46.3 Å². The second-order valence-corrected chi connectivity index (χ2v) is 6.56. The Labute approximate surface area is 150 Å². The number of nitrogens with zero attached hydrogens (tertiary/aromatic N) is 1. The van der Waals surface area contributed by atoms with E-state index in [2.05, 4.69) is 5.32 Å². The Morgan fingerprint density at radius 1 is 1.32 bits per heavy atom. The van der Waals surface area contributed by atoms with Crippen LogP contribution in [0.5, 0.6) is 0 Å². The van der Waals surface area contributed by atoms with Crippen molar-refractivity contribution >= 4 is 36.0 Å². The highest BCUT2D eigenvalue weighted by Crippen LogP contribution is 2.16. The van der Waals surface area contributed by atoms with Gasteiger partial charge in [0, 0.05) is 6.54 Å². The van der Waals surface area contributed by atoms with E-state index >= 15 is 0 Å². The Morgan fingerprint density at radius 2 is 2.00 bits per heavy atom. The van der Waals surface area contributed by atoms with E-state index in [1.54, 1.807) is 30.3 Å². The predicted molar refractivity (Wildman–Crippen MR) is 94.9 cm³/mol. The molecule has 2 N–H and O–H groups in total. The van der Waals surface area contributed by atoms with Gasteiger partial charge in [-0.1, -0.05) is 26.0 Å². The van der Waals surface area contributed by atoms with Gasteiger partial charge in [0.05, 0.1) is 11.3 Å². The zero-order valence-electron chi connectivity index (χ0n) is 14.0. The summed E-state index contributed by atoms with van der Waals surface area (Å²) >= 11 is 0.608. The Morgan fingerprint density at radius 3 is 2.60 bits per heavy atom. The molecule has 1 fully saturated rings. The molecule has 0 saturated carbocycles. The van der Waals surface area contributed by atoms with Gasteiger partial charge in [-0.25, -0.2) is 9.59 Å². The molecule has 1 saturated heterocycles. The summed E-state index contributed by atoms with van der Waals surface area (Å²) in [6.45, 7) is 4.34. The van der Waals surface area contributed by atoms with Crippen LogP contribution in [0.1, 0.15) is 29.8 Å². The number of urea groups is 1. The van der Waals surface area contributed by atoms with Crippen molar-refractivity contribution < 1.29 is 23.7 Å². The van der Waals surface area contributed by atoms with Crippen molar-refractivity contribution in [1.29, 1.82) is 0 Å². The van der Waals surface area contributed by atoms with E-state index in [1.807, 2.05) is 13.8 Å². The van der Waals surface area contributed by atoms with E-state index in [0.717, 1.165) is 0 Å². The number of imide groups is 1. The highest BCUT2D eigenvalue weighted by atomic mass is 32.2. The third-order valence-electron chi connectivity index (χ3n) is 3.38. The maximum atomic E-state index is 12.3. The molecule has 25 heavy (non-hydrogen) atoms. The standard InChI is InChI=1S/C17H20N2O5S/c1-11(2)10-19-15(20)14(18-17(19)22)9-12-3-5-13(6-4-12)16(21)24-7-8-25-23/h3-6,9,11,23H,7-8,10H2,1-2H3,(H,18,22)/b14-9-. The van der Waals surface area contributed by atoms with Crippen molar-refractivity contribution in [2.75, 3.05) is 18.9 Å². The number of carbonyl (C=O) groups excluding carboxylic acids is 3. The summed E-state index contributed by atoms with van der Waals surface area (Å²) in [5.41, 5.74) is 1.26. The van der Waals surface area contributed by atoms with Gasteiger partial charge in [0.15, 0.2) is 0 Å². The first-order valence-corrected chi connectivity index (χ1v) is 8.74. The van der Waals surface area contributed by atoms with Crippen LogP contribution in [0.4, 0.5) is 4.79 Å². The van der Waals surface area contributed by atoms with E-state index in [1.165, 1.54) is 4.90 Å². The van der Waals surface area contributed by atoms with Gasteiger partial charge >= 0.3 is 12.0 Å². The molecule has 1 aliphatic heterocycles. The van der Waals surface area contributed by atoms with Crippen molar-refractivity contribution in [3.05, 3.63) is 41.1 Å². The first-order valence-electron chi connectivity index (χ1n) is 7.80. The maximum absolute atomic E-state index is 12.3. The molecule has 0 aromatic heterocycles. The molecule has 7 nitrogen and oxygen atoms in total. The quantitative estimate of drug-likeness (QED) is 0.254. The molecule has 0 aliphatic carbocycles. The monoisotopic (exact) mass is 364 g/mol. The van der Waals surface area contributed by atoms with Crippen LogP contribution >= 0.6 is 12.0 Å². The van der Waals surface area contributed by atoms with E-state index < -0.39 is 12.0 Å². The molecule has 0 bridgehead atoms. The van der Waals surface area contributed by atoms with Crippen molar-refractivity contribution in [1.82, 2.24) is 10.2 Å².